The largest absolute Gasteiger partial charge is 0.480 e. The van der Waals surface area contributed by atoms with Gasteiger partial charge in [0.25, 0.3) is 5.56 Å². The van der Waals surface area contributed by atoms with Crippen LogP contribution in [0, 0.1) is 11.8 Å². The average Bonchev–Trinajstić information content (AvgIpc) is 2.82. The molecule has 7 nitrogen and oxygen atoms in total. The summed E-state index contributed by atoms with van der Waals surface area (Å²) in [4.78, 5) is 35.0. The highest BCUT2D eigenvalue weighted by atomic mass is 16.4. The molecule has 5 aliphatic rings. The molecular formula is C29H38N4O3. The number of piperidine rings is 2. The first kappa shape index (κ1) is 22.8. The molecule has 2 saturated carbocycles. The summed E-state index contributed by atoms with van der Waals surface area (Å²) >= 11 is 0. The lowest BCUT2D eigenvalue weighted by Crippen LogP contribution is -2.59. The average molecular weight is 491 g/mol. The molecule has 3 saturated heterocycles. The molecule has 1 aromatic carbocycles. The van der Waals surface area contributed by atoms with Crippen LogP contribution in [0.4, 0.5) is 5.82 Å². The van der Waals surface area contributed by atoms with E-state index in [-0.39, 0.29) is 11.6 Å². The minimum atomic E-state index is -0.873. The minimum Gasteiger partial charge on any atom is -0.480 e. The maximum atomic E-state index is 14.0. The van der Waals surface area contributed by atoms with Crippen molar-refractivity contribution in [1.29, 1.82) is 0 Å². The number of carboxylic acids is 1. The van der Waals surface area contributed by atoms with E-state index in [0.29, 0.717) is 30.9 Å². The van der Waals surface area contributed by atoms with Crippen molar-refractivity contribution in [1.82, 2.24) is 14.5 Å². The second-order valence-electron chi connectivity index (χ2n) is 12.3. The van der Waals surface area contributed by atoms with Crippen LogP contribution < -0.4 is 10.5 Å². The lowest BCUT2D eigenvalue weighted by atomic mass is 9.68. The predicted molar refractivity (Wildman–Crippen MR) is 139 cm³/mol. The van der Waals surface area contributed by atoms with Gasteiger partial charge in [0.1, 0.15) is 6.04 Å². The highest BCUT2D eigenvalue weighted by Crippen LogP contribution is 2.47. The van der Waals surface area contributed by atoms with E-state index in [1.165, 1.54) is 57.8 Å². The number of carboxylic acid groups (broad SMARTS) is 1. The number of anilines is 1. The third-order valence-corrected chi connectivity index (χ3v) is 10.2. The Morgan fingerprint density at radius 1 is 0.833 bits per heavy atom. The molecule has 7 atom stereocenters. The number of rotatable bonds is 4. The fourth-order valence-corrected chi connectivity index (χ4v) is 8.72. The van der Waals surface area contributed by atoms with E-state index in [1.54, 1.807) is 4.90 Å². The molecule has 0 unspecified atom stereocenters. The third kappa shape index (κ3) is 3.68. The van der Waals surface area contributed by atoms with E-state index >= 15 is 0 Å². The van der Waals surface area contributed by atoms with Crippen LogP contribution in [0.15, 0.2) is 29.1 Å². The summed E-state index contributed by atoms with van der Waals surface area (Å²) in [5.41, 5.74) is 1.57. The van der Waals surface area contributed by atoms with Crippen LogP contribution in [-0.2, 0) is 4.79 Å². The topological polar surface area (TPSA) is 78.7 Å². The number of fused-ring (bicyclic) bond motifs is 5. The van der Waals surface area contributed by atoms with Gasteiger partial charge in [0.15, 0.2) is 5.82 Å². The Morgan fingerprint density at radius 2 is 1.53 bits per heavy atom. The Kier molecular flexibility index (Phi) is 5.60. The smallest absolute Gasteiger partial charge is 0.326 e. The zero-order valence-electron chi connectivity index (χ0n) is 21.1. The predicted octanol–water partition coefficient (Wildman–Crippen LogP) is 4.59. The molecule has 4 heterocycles. The van der Waals surface area contributed by atoms with Gasteiger partial charge >= 0.3 is 5.97 Å². The lowest BCUT2D eigenvalue weighted by molar-refractivity contribution is -0.140. The summed E-state index contributed by atoms with van der Waals surface area (Å²) in [6.07, 6.45) is 14.8. The summed E-state index contributed by atoms with van der Waals surface area (Å²) in [5.74, 6) is 1.30. The maximum Gasteiger partial charge on any atom is 0.326 e. The molecule has 2 aromatic rings. The summed E-state index contributed by atoms with van der Waals surface area (Å²) in [7, 11) is 0. The van der Waals surface area contributed by atoms with Crippen LogP contribution in [-0.4, -0.2) is 56.2 Å². The van der Waals surface area contributed by atoms with Gasteiger partial charge in [-0.1, -0.05) is 37.8 Å². The van der Waals surface area contributed by atoms with Crippen LogP contribution in [0.3, 0.4) is 0 Å². The Morgan fingerprint density at radius 3 is 2.19 bits per heavy atom. The van der Waals surface area contributed by atoms with Gasteiger partial charge in [0.2, 0.25) is 0 Å². The third-order valence-electron chi connectivity index (χ3n) is 10.2. The Hall–Kier alpha value is -2.41. The number of hydrogen-bond donors (Lipinski definition) is 1. The van der Waals surface area contributed by atoms with Crippen molar-refractivity contribution < 1.29 is 9.90 Å². The first-order valence-electron chi connectivity index (χ1n) is 14.3. The highest BCUT2D eigenvalue weighted by molar-refractivity contribution is 5.81. The fraction of sp³-hybridized carbons (Fsp3) is 0.690. The first-order chi connectivity index (χ1) is 17.6. The molecule has 192 valence electrons. The Balaban J connectivity index is 1.23. The monoisotopic (exact) mass is 490 g/mol. The molecule has 0 spiro atoms. The molecule has 36 heavy (non-hydrogen) atoms. The fourth-order valence-electron chi connectivity index (χ4n) is 8.72. The molecule has 2 aliphatic carbocycles. The van der Waals surface area contributed by atoms with Gasteiger partial charge in [0, 0.05) is 30.7 Å². The molecule has 3 aliphatic heterocycles. The molecule has 0 amide bonds. The van der Waals surface area contributed by atoms with Crippen LogP contribution >= 0.6 is 0 Å². The van der Waals surface area contributed by atoms with Gasteiger partial charge < -0.3 is 14.6 Å². The normalized spacial score (nSPS) is 36.4. The van der Waals surface area contributed by atoms with Crippen LogP contribution in [0.1, 0.15) is 83.1 Å². The molecule has 1 N–H and O–H groups in total. The lowest BCUT2D eigenvalue weighted by Gasteiger charge is -2.55. The van der Waals surface area contributed by atoms with Crippen molar-refractivity contribution in [2.45, 2.75) is 107 Å². The molecule has 5 fully saturated rings. The summed E-state index contributed by atoms with van der Waals surface area (Å²) in [5, 5.41) is 9.62. The highest BCUT2D eigenvalue weighted by Gasteiger charge is 2.46. The van der Waals surface area contributed by atoms with Gasteiger partial charge in [-0.05, 0) is 75.3 Å². The molecule has 7 rings (SSSR count). The van der Waals surface area contributed by atoms with Crippen LogP contribution in [0.5, 0.6) is 0 Å². The SMILES string of the molecule is O=C(O)[C@@H]1CCN1c1nc2ccccc2n([C@@H]2C[C@H]3CCC[C@@H](C2)N3[C@@H]2C[C@@H]3CCC[C@@H](C3)C2)c1=O. The zero-order chi connectivity index (χ0) is 24.4. The molecular weight excluding hydrogens is 452 g/mol. The van der Waals surface area contributed by atoms with Gasteiger partial charge in [-0.2, -0.15) is 0 Å². The Labute approximate surface area is 212 Å². The van der Waals surface area contributed by atoms with Crippen molar-refractivity contribution in [2.24, 2.45) is 11.8 Å². The van der Waals surface area contributed by atoms with Crippen molar-refractivity contribution in [2.75, 3.05) is 11.4 Å². The maximum absolute atomic E-state index is 14.0. The summed E-state index contributed by atoms with van der Waals surface area (Å²) in [6, 6.07) is 9.23. The number of aromatic nitrogens is 2. The second-order valence-corrected chi connectivity index (χ2v) is 12.3. The number of hydrogen-bond acceptors (Lipinski definition) is 5. The van der Waals surface area contributed by atoms with E-state index in [0.717, 1.165) is 41.8 Å². The number of benzene rings is 1. The van der Waals surface area contributed by atoms with E-state index in [1.807, 2.05) is 28.8 Å². The second kappa shape index (κ2) is 8.86. The van der Waals surface area contributed by atoms with Gasteiger partial charge in [-0.3, -0.25) is 9.69 Å². The summed E-state index contributed by atoms with van der Waals surface area (Å²) in [6.45, 7) is 0.575. The Bertz CT molecular complexity index is 1200. The molecule has 1 aromatic heterocycles. The minimum absolute atomic E-state index is 0.108. The summed E-state index contributed by atoms with van der Waals surface area (Å²) < 4.78 is 2.01. The zero-order valence-corrected chi connectivity index (χ0v) is 21.1. The molecule has 4 bridgehead atoms. The number of carbonyl (C=O) groups is 1. The number of aliphatic carboxylic acids is 1. The van der Waals surface area contributed by atoms with E-state index in [4.69, 9.17) is 4.98 Å². The number of nitrogens with zero attached hydrogens (tertiary/aromatic N) is 4. The quantitative estimate of drug-likeness (QED) is 0.676. The van der Waals surface area contributed by atoms with E-state index < -0.39 is 12.0 Å². The van der Waals surface area contributed by atoms with Crippen molar-refractivity contribution >= 4 is 22.8 Å². The van der Waals surface area contributed by atoms with Crippen LogP contribution in [0.2, 0.25) is 0 Å². The van der Waals surface area contributed by atoms with Gasteiger partial charge in [-0.25, -0.2) is 9.78 Å². The van der Waals surface area contributed by atoms with Crippen molar-refractivity contribution in [3.8, 4) is 0 Å². The first-order valence-corrected chi connectivity index (χ1v) is 14.3. The van der Waals surface area contributed by atoms with Gasteiger partial charge in [-0.15, -0.1) is 0 Å². The van der Waals surface area contributed by atoms with Crippen LogP contribution in [0.25, 0.3) is 11.0 Å². The van der Waals surface area contributed by atoms with Gasteiger partial charge in [0.05, 0.1) is 11.0 Å². The molecule has 7 heteroatoms. The van der Waals surface area contributed by atoms with E-state index in [9.17, 15) is 14.7 Å². The van der Waals surface area contributed by atoms with Crippen molar-refractivity contribution in [3.63, 3.8) is 0 Å². The van der Waals surface area contributed by atoms with E-state index in [2.05, 4.69) is 4.90 Å². The number of para-hydroxylation sites is 2. The molecule has 0 radical (unpaired) electrons. The van der Waals surface area contributed by atoms with Crippen molar-refractivity contribution in [3.05, 3.63) is 34.6 Å². The standard InChI is InChI=1S/C29H38N4O3/c34-28-27(31-12-11-26(31)29(35)36)30-24-9-1-2-10-25(24)33(28)23-16-20-7-4-8-21(17-23)32(20)22-14-18-5-3-6-19(13-18)15-22/h1-2,9-10,18-23,26H,3-8,11-17H2,(H,35,36)/t18-,19+,20-,21+,22-,23-,26-/m0/s1.